The number of rotatable bonds is 5. The van der Waals surface area contributed by atoms with Gasteiger partial charge in [0.2, 0.25) is 5.91 Å². The van der Waals surface area contributed by atoms with Gasteiger partial charge < -0.3 is 9.64 Å². The molecule has 0 spiro atoms. The van der Waals surface area contributed by atoms with Crippen molar-refractivity contribution >= 4 is 5.91 Å². The van der Waals surface area contributed by atoms with Crippen molar-refractivity contribution in [2.75, 3.05) is 13.7 Å². The number of amides is 1. The second-order valence-electron chi connectivity index (χ2n) is 6.88. The molecule has 3 heteroatoms. The van der Waals surface area contributed by atoms with Gasteiger partial charge >= 0.3 is 0 Å². The predicted octanol–water partition coefficient (Wildman–Crippen LogP) is 3.23. The molecule has 19 heavy (non-hydrogen) atoms. The SMILES string of the molecule is CCOC1CC(N(C)C(=O)CC2CCCC2)C1(C)C. The molecule has 2 saturated carbocycles. The molecule has 0 saturated heterocycles. The van der Waals surface area contributed by atoms with Crippen molar-refractivity contribution in [1.82, 2.24) is 4.90 Å². The van der Waals surface area contributed by atoms with Crippen LogP contribution in [-0.2, 0) is 9.53 Å². The van der Waals surface area contributed by atoms with Crippen molar-refractivity contribution < 1.29 is 9.53 Å². The summed E-state index contributed by atoms with van der Waals surface area (Å²) in [6.07, 6.45) is 7.16. The largest absolute Gasteiger partial charge is 0.378 e. The summed E-state index contributed by atoms with van der Waals surface area (Å²) in [5.74, 6) is 0.973. The first-order valence-electron chi connectivity index (χ1n) is 7.84. The smallest absolute Gasteiger partial charge is 0.222 e. The van der Waals surface area contributed by atoms with Gasteiger partial charge in [-0.05, 0) is 32.1 Å². The van der Waals surface area contributed by atoms with Gasteiger partial charge in [-0.15, -0.1) is 0 Å². The van der Waals surface area contributed by atoms with Gasteiger partial charge in [-0.2, -0.15) is 0 Å². The number of hydrogen-bond donors (Lipinski definition) is 0. The molecule has 0 heterocycles. The number of hydrogen-bond acceptors (Lipinski definition) is 2. The molecule has 2 fully saturated rings. The molecule has 0 bridgehead atoms. The van der Waals surface area contributed by atoms with E-state index in [0.717, 1.165) is 19.4 Å². The molecule has 0 aromatic rings. The maximum absolute atomic E-state index is 12.4. The van der Waals surface area contributed by atoms with Gasteiger partial charge in [-0.1, -0.05) is 26.7 Å². The molecule has 2 aliphatic rings. The fourth-order valence-corrected chi connectivity index (χ4v) is 3.78. The Kier molecular flexibility index (Phi) is 4.54. The topological polar surface area (TPSA) is 29.5 Å². The summed E-state index contributed by atoms with van der Waals surface area (Å²) in [5, 5.41) is 0. The Morgan fingerprint density at radius 1 is 1.32 bits per heavy atom. The summed E-state index contributed by atoms with van der Waals surface area (Å²) in [4.78, 5) is 14.4. The van der Waals surface area contributed by atoms with E-state index >= 15 is 0 Å². The minimum absolute atomic E-state index is 0.0933. The van der Waals surface area contributed by atoms with Gasteiger partial charge in [0.05, 0.1) is 6.10 Å². The third-order valence-electron chi connectivity index (χ3n) is 5.29. The molecule has 3 nitrogen and oxygen atoms in total. The van der Waals surface area contributed by atoms with Crippen LogP contribution in [0.15, 0.2) is 0 Å². The molecule has 1 amide bonds. The van der Waals surface area contributed by atoms with E-state index in [1.807, 2.05) is 18.9 Å². The van der Waals surface area contributed by atoms with Gasteiger partial charge in [0.25, 0.3) is 0 Å². The minimum Gasteiger partial charge on any atom is -0.378 e. The van der Waals surface area contributed by atoms with Crippen LogP contribution in [0.4, 0.5) is 0 Å². The molecule has 0 N–H and O–H groups in total. The van der Waals surface area contributed by atoms with Crippen molar-refractivity contribution in [2.24, 2.45) is 11.3 Å². The summed E-state index contributed by atoms with van der Waals surface area (Å²) in [7, 11) is 1.98. The van der Waals surface area contributed by atoms with E-state index in [0.29, 0.717) is 24.0 Å². The standard InChI is InChI=1S/C16H29NO2/c1-5-19-14-11-13(16(14,2)3)17(4)15(18)10-12-8-6-7-9-12/h12-14H,5-11H2,1-4H3. The van der Waals surface area contributed by atoms with Gasteiger partial charge in [0.1, 0.15) is 0 Å². The van der Waals surface area contributed by atoms with E-state index in [1.165, 1.54) is 25.7 Å². The van der Waals surface area contributed by atoms with Crippen LogP contribution in [0.2, 0.25) is 0 Å². The van der Waals surface area contributed by atoms with Gasteiger partial charge in [0.15, 0.2) is 0 Å². The number of nitrogens with zero attached hydrogens (tertiary/aromatic N) is 1. The average Bonchev–Trinajstić information content (AvgIpc) is 2.86. The first kappa shape index (κ1) is 14.8. The van der Waals surface area contributed by atoms with Crippen LogP contribution in [0.3, 0.4) is 0 Å². The molecule has 2 rings (SSSR count). The van der Waals surface area contributed by atoms with Gasteiger partial charge in [-0.25, -0.2) is 0 Å². The highest BCUT2D eigenvalue weighted by Gasteiger charge is 2.51. The molecular weight excluding hydrogens is 238 g/mol. The van der Waals surface area contributed by atoms with Crippen molar-refractivity contribution in [3.63, 3.8) is 0 Å². The Hall–Kier alpha value is -0.570. The number of carbonyl (C=O) groups excluding carboxylic acids is 1. The van der Waals surface area contributed by atoms with Crippen molar-refractivity contribution in [3.8, 4) is 0 Å². The first-order chi connectivity index (χ1) is 8.96. The lowest BCUT2D eigenvalue weighted by Crippen LogP contribution is -2.62. The van der Waals surface area contributed by atoms with Crippen molar-refractivity contribution in [1.29, 1.82) is 0 Å². The molecule has 0 aliphatic heterocycles. The molecule has 2 unspecified atom stereocenters. The molecule has 0 aromatic carbocycles. The molecule has 110 valence electrons. The first-order valence-corrected chi connectivity index (χ1v) is 7.84. The van der Waals surface area contributed by atoms with Crippen LogP contribution in [0, 0.1) is 11.3 Å². The molecular formula is C16H29NO2. The summed E-state index contributed by atoms with van der Waals surface area (Å²) in [5.41, 5.74) is 0.0933. The van der Waals surface area contributed by atoms with Crippen LogP contribution in [0.25, 0.3) is 0 Å². The summed E-state index contributed by atoms with van der Waals surface area (Å²) < 4.78 is 5.75. The second-order valence-corrected chi connectivity index (χ2v) is 6.88. The zero-order chi connectivity index (χ0) is 14.0. The highest BCUT2D eigenvalue weighted by atomic mass is 16.5. The van der Waals surface area contributed by atoms with E-state index in [1.54, 1.807) is 0 Å². The van der Waals surface area contributed by atoms with E-state index in [9.17, 15) is 4.79 Å². The molecule has 0 aromatic heterocycles. The van der Waals surface area contributed by atoms with Crippen LogP contribution in [0.1, 0.15) is 59.3 Å². The van der Waals surface area contributed by atoms with E-state index in [2.05, 4.69) is 13.8 Å². The Balaban J connectivity index is 1.86. The molecule has 0 radical (unpaired) electrons. The maximum Gasteiger partial charge on any atom is 0.222 e. The summed E-state index contributed by atoms with van der Waals surface area (Å²) in [6, 6.07) is 0.345. The van der Waals surface area contributed by atoms with Gasteiger partial charge in [0, 0.05) is 31.5 Å². The number of carbonyl (C=O) groups is 1. The van der Waals surface area contributed by atoms with Crippen LogP contribution < -0.4 is 0 Å². The zero-order valence-electron chi connectivity index (χ0n) is 12.9. The Morgan fingerprint density at radius 2 is 1.95 bits per heavy atom. The summed E-state index contributed by atoms with van der Waals surface area (Å²) >= 11 is 0. The van der Waals surface area contributed by atoms with Crippen molar-refractivity contribution in [2.45, 2.75) is 71.4 Å². The highest BCUT2D eigenvalue weighted by molar-refractivity contribution is 5.76. The number of ether oxygens (including phenoxy) is 1. The van der Waals surface area contributed by atoms with E-state index in [4.69, 9.17) is 4.74 Å². The third kappa shape index (κ3) is 2.96. The van der Waals surface area contributed by atoms with Crippen molar-refractivity contribution in [3.05, 3.63) is 0 Å². The van der Waals surface area contributed by atoms with Gasteiger partial charge in [-0.3, -0.25) is 4.79 Å². The van der Waals surface area contributed by atoms with E-state index in [-0.39, 0.29) is 5.41 Å². The third-order valence-corrected chi connectivity index (χ3v) is 5.29. The van der Waals surface area contributed by atoms with Crippen LogP contribution in [-0.4, -0.2) is 36.6 Å². The highest BCUT2D eigenvalue weighted by Crippen LogP contribution is 2.45. The lowest BCUT2D eigenvalue weighted by atomic mass is 9.63. The Bertz CT molecular complexity index is 321. The second kappa shape index (κ2) is 5.82. The Morgan fingerprint density at radius 3 is 2.47 bits per heavy atom. The fraction of sp³-hybridized carbons (Fsp3) is 0.938. The monoisotopic (exact) mass is 267 g/mol. The quantitative estimate of drug-likeness (QED) is 0.765. The van der Waals surface area contributed by atoms with Crippen LogP contribution >= 0.6 is 0 Å². The zero-order valence-corrected chi connectivity index (χ0v) is 12.9. The lowest BCUT2D eigenvalue weighted by Gasteiger charge is -2.55. The van der Waals surface area contributed by atoms with Crippen LogP contribution in [0.5, 0.6) is 0 Å². The van der Waals surface area contributed by atoms with E-state index < -0.39 is 0 Å². The normalized spacial score (nSPS) is 30.1. The molecule has 2 aliphatic carbocycles. The Labute approximate surface area is 117 Å². The summed E-state index contributed by atoms with van der Waals surface area (Å²) in [6.45, 7) is 7.25. The lowest BCUT2D eigenvalue weighted by molar-refractivity contribution is -0.164. The maximum atomic E-state index is 12.4. The average molecular weight is 267 g/mol. The fourth-order valence-electron chi connectivity index (χ4n) is 3.78. The predicted molar refractivity (Wildman–Crippen MR) is 76.9 cm³/mol. The molecule has 2 atom stereocenters. The minimum atomic E-state index is 0.0933.